The molecule has 1 aromatic heterocycles. The Bertz CT molecular complexity index is 399. The average molecular weight is 262 g/mol. The van der Waals surface area contributed by atoms with Crippen LogP contribution in [0.3, 0.4) is 0 Å². The van der Waals surface area contributed by atoms with Crippen LogP contribution in [-0.2, 0) is 6.54 Å². The van der Waals surface area contributed by atoms with Crippen LogP contribution in [0.15, 0.2) is 12.3 Å². The topological polar surface area (TPSA) is 44.9 Å². The molecule has 0 aliphatic carbocycles. The van der Waals surface area contributed by atoms with Gasteiger partial charge in [0.05, 0.1) is 17.8 Å². The van der Waals surface area contributed by atoms with Crippen LogP contribution < -0.4 is 0 Å². The third kappa shape index (κ3) is 4.68. The lowest BCUT2D eigenvalue weighted by molar-refractivity contribution is 0.214. The van der Waals surface area contributed by atoms with Crippen LogP contribution >= 0.6 is 0 Å². The van der Waals surface area contributed by atoms with Gasteiger partial charge in [0.25, 0.3) is 0 Å². The Morgan fingerprint density at radius 3 is 2.58 bits per heavy atom. The Balaban J connectivity index is 2.67. The summed E-state index contributed by atoms with van der Waals surface area (Å²) in [5.74, 6) is 0. The molecule has 0 bridgehead atoms. The van der Waals surface area contributed by atoms with Crippen molar-refractivity contribution in [3.63, 3.8) is 0 Å². The molecule has 0 saturated carbocycles. The fourth-order valence-corrected chi connectivity index (χ4v) is 2.25. The molecule has 0 aromatic carbocycles. The summed E-state index contributed by atoms with van der Waals surface area (Å²) in [6.07, 6.45) is 4.88. The van der Waals surface area contributed by atoms with E-state index in [0.717, 1.165) is 31.6 Å². The molecule has 1 aromatic rings. The monoisotopic (exact) mass is 262 g/mol. The standard InChI is InChI=1S/C15H26N4/c1-5-15(6-2)19-11-8-14(17-19)12-18(13(3)4)10-7-9-16/h8,11,13,15H,5-7,10,12H2,1-4H3. The molecule has 0 spiro atoms. The maximum absolute atomic E-state index is 8.71. The third-order valence-electron chi connectivity index (χ3n) is 3.59. The zero-order valence-electron chi connectivity index (χ0n) is 12.6. The van der Waals surface area contributed by atoms with Gasteiger partial charge in [-0.3, -0.25) is 9.58 Å². The lowest BCUT2D eigenvalue weighted by atomic mass is 10.2. The second-order valence-electron chi connectivity index (χ2n) is 5.23. The fourth-order valence-electron chi connectivity index (χ4n) is 2.25. The Kier molecular flexibility index (Phi) is 6.58. The van der Waals surface area contributed by atoms with Gasteiger partial charge in [0.15, 0.2) is 0 Å². The van der Waals surface area contributed by atoms with Crippen molar-refractivity contribution in [3.05, 3.63) is 18.0 Å². The van der Waals surface area contributed by atoms with Gasteiger partial charge < -0.3 is 0 Å². The molecule has 4 heteroatoms. The highest BCUT2D eigenvalue weighted by Crippen LogP contribution is 2.15. The van der Waals surface area contributed by atoms with Gasteiger partial charge in [-0.2, -0.15) is 10.4 Å². The van der Waals surface area contributed by atoms with Gasteiger partial charge in [-0.25, -0.2) is 0 Å². The van der Waals surface area contributed by atoms with Crippen molar-refractivity contribution in [3.8, 4) is 6.07 Å². The second-order valence-corrected chi connectivity index (χ2v) is 5.23. The quantitative estimate of drug-likeness (QED) is 0.721. The van der Waals surface area contributed by atoms with Gasteiger partial charge >= 0.3 is 0 Å². The van der Waals surface area contributed by atoms with Gasteiger partial charge in [0, 0.05) is 31.7 Å². The molecule has 0 aliphatic rings. The summed E-state index contributed by atoms with van der Waals surface area (Å²) in [6.45, 7) is 10.4. The van der Waals surface area contributed by atoms with E-state index in [-0.39, 0.29) is 0 Å². The molecule has 0 N–H and O–H groups in total. The molecular formula is C15H26N4. The lowest BCUT2D eigenvalue weighted by Gasteiger charge is -2.24. The predicted octanol–water partition coefficient (Wildman–Crippen LogP) is 3.37. The molecule has 0 amide bonds. The first-order chi connectivity index (χ1) is 9.12. The van der Waals surface area contributed by atoms with E-state index < -0.39 is 0 Å². The summed E-state index contributed by atoms with van der Waals surface area (Å²) in [7, 11) is 0. The first-order valence-corrected chi connectivity index (χ1v) is 7.27. The van der Waals surface area contributed by atoms with Crippen molar-refractivity contribution in [1.29, 1.82) is 5.26 Å². The molecule has 4 nitrogen and oxygen atoms in total. The van der Waals surface area contributed by atoms with Crippen LogP contribution in [0.4, 0.5) is 0 Å². The summed E-state index contributed by atoms with van der Waals surface area (Å²) < 4.78 is 2.08. The van der Waals surface area contributed by atoms with Crippen LogP contribution in [0.5, 0.6) is 0 Å². The highest BCUT2D eigenvalue weighted by Gasteiger charge is 2.13. The summed E-state index contributed by atoms with van der Waals surface area (Å²) in [5.41, 5.74) is 1.10. The third-order valence-corrected chi connectivity index (χ3v) is 3.59. The lowest BCUT2D eigenvalue weighted by Crippen LogP contribution is -2.31. The van der Waals surface area contributed by atoms with Crippen molar-refractivity contribution >= 4 is 0 Å². The van der Waals surface area contributed by atoms with Crippen LogP contribution in [-0.4, -0.2) is 27.3 Å². The van der Waals surface area contributed by atoms with Gasteiger partial charge in [-0.1, -0.05) is 13.8 Å². The normalized spacial score (nSPS) is 11.5. The number of hydrogen-bond donors (Lipinski definition) is 0. The Morgan fingerprint density at radius 1 is 1.37 bits per heavy atom. The number of nitriles is 1. The van der Waals surface area contributed by atoms with Crippen molar-refractivity contribution in [2.45, 2.75) is 65.6 Å². The molecule has 0 aliphatic heterocycles. The van der Waals surface area contributed by atoms with E-state index >= 15 is 0 Å². The highest BCUT2D eigenvalue weighted by atomic mass is 15.3. The van der Waals surface area contributed by atoms with Crippen LogP contribution in [0, 0.1) is 11.3 Å². The van der Waals surface area contributed by atoms with E-state index in [1.54, 1.807) is 0 Å². The van der Waals surface area contributed by atoms with Crippen molar-refractivity contribution in [2.24, 2.45) is 0 Å². The zero-order valence-corrected chi connectivity index (χ0v) is 12.6. The maximum Gasteiger partial charge on any atom is 0.0765 e. The minimum Gasteiger partial charge on any atom is -0.294 e. The highest BCUT2D eigenvalue weighted by molar-refractivity contribution is 5.00. The largest absolute Gasteiger partial charge is 0.294 e. The SMILES string of the molecule is CCC(CC)n1ccc(CN(CCC#N)C(C)C)n1. The van der Waals surface area contributed by atoms with Gasteiger partial charge in [0.2, 0.25) is 0 Å². The molecule has 1 rings (SSSR count). The number of hydrogen-bond acceptors (Lipinski definition) is 3. The van der Waals surface area contributed by atoms with E-state index in [9.17, 15) is 0 Å². The number of aromatic nitrogens is 2. The van der Waals surface area contributed by atoms with Gasteiger partial charge in [-0.15, -0.1) is 0 Å². The van der Waals surface area contributed by atoms with Crippen LogP contribution in [0.25, 0.3) is 0 Å². The molecule has 0 fully saturated rings. The first-order valence-electron chi connectivity index (χ1n) is 7.27. The second kappa shape index (κ2) is 7.96. The van der Waals surface area contributed by atoms with Crippen molar-refractivity contribution in [1.82, 2.24) is 14.7 Å². The molecule has 0 radical (unpaired) electrons. The van der Waals surface area contributed by atoms with E-state index in [0.29, 0.717) is 18.5 Å². The van der Waals surface area contributed by atoms with Crippen molar-refractivity contribution < 1.29 is 0 Å². The molecular weight excluding hydrogens is 236 g/mol. The van der Waals surface area contributed by atoms with E-state index in [2.05, 4.69) is 60.7 Å². The number of rotatable bonds is 8. The minimum atomic E-state index is 0.437. The Labute approximate surface area is 117 Å². The van der Waals surface area contributed by atoms with Crippen molar-refractivity contribution in [2.75, 3.05) is 6.54 Å². The van der Waals surface area contributed by atoms with Gasteiger partial charge in [-0.05, 0) is 32.8 Å². The molecule has 1 heterocycles. The first kappa shape index (κ1) is 15.7. The number of nitrogens with zero attached hydrogens (tertiary/aromatic N) is 4. The molecule has 0 atom stereocenters. The predicted molar refractivity (Wildman–Crippen MR) is 77.6 cm³/mol. The van der Waals surface area contributed by atoms with Crippen LogP contribution in [0.2, 0.25) is 0 Å². The summed E-state index contributed by atoms with van der Waals surface area (Å²) in [6, 6.07) is 5.25. The Morgan fingerprint density at radius 2 is 2.05 bits per heavy atom. The fraction of sp³-hybridized carbons (Fsp3) is 0.733. The van der Waals surface area contributed by atoms with E-state index in [1.807, 2.05) is 0 Å². The summed E-state index contributed by atoms with van der Waals surface area (Å²) >= 11 is 0. The zero-order chi connectivity index (χ0) is 14.3. The van der Waals surface area contributed by atoms with E-state index in [4.69, 9.17) is 5.26 Å². The molecule has 106 valence electrons. The molecule has 19 heavy (non-hydrogen) atoms. The molecule has 0 saturated heterocycles. The minimum absolute atomic E-state index is 0.437. The van der Waals surface area contributed by atoms with E-state index in [1.165, 1.54) is 0 Å². The summed E-state index contributed by atoms with van der Waals surface area (Å²) in [5, 5.41) is 13.4. The average Bonchev–Trinajstić information content (AvgIpc) is 2.84. The van der Waals surface area contributed by atoms with Gasteiger partial charge in [0.1, 0.15) is 0 Å². The molecule has 0 unspecified atom stereocenters. The van der Waals surface area contributed by atoms with Crippen LogP contribution in [0.1, 0.15) is 58.7 Å². The Hall–Kier alpha value is -1.34. The smallest absolute Gasteiger partial charge is 0.0765 e. The maximum atomic E-state index is 8.71. The summed E-state index contributed by atoms with van der Waals surface area (Å²) in [4.78, 5) is 2.29.